The molecule has 0 atom stereocenters. The van der Waals surface area contributed by atoms with Crippen molar-refractivity contribution < 1.29 is 14.6 Å². The first-order valence-corrected chi connectivity index (χ1v) is 7.54. The van der Waals surface area contributed by atoms with Gasteiger partial charge >= 0.3 is 5.97 Å². The maximum atomic E-state index is 10.5. The normalized spacial score (nSPS) is 16.0. The van der Waals surface area contributed by atoms with Crippen LogP contribution in [0.5, 0.6) is 5.75 Å². The van der Waals surface area contributed by atoms with E-state index >= 15 is 0 Å². The molecule has 0 radical (unpaired) electrons. The molecule has 5 heteroatoms. The van der Waals surface area contributed by atoms with Gasteiger partial charge in [0.2, 0.25) is 0 Å². The number of piperazine rings is 1. The number of aliphatic carboxylic acids is 1. The third-order valence-corrected chi connectivity index (χ3v) is 3.75. The standard InChI is InChI=1S/C16H24N2O3/c1-17-9-11-18(12-10-17)14-6-2-3-7-15(14)21-13-5-4-8-16(19)20/h2-3,6-7H,4-5,8-13H2,1H3,(H,19,20). The van der Waals surface area contributed by atoms with Crippen molar-refractivity contribution in [3.05, 3.63) is 24.3 Å². The molecule has 0 bridgehead atoms. The Balaban J connectivity index is 1.86. The maximum Gasteiger partial charge on any atom is 0.303 e. The van der Waals surface area contributed by atoms with Gasteiger partial charge in [0.1, 0.15) is 5.75 Å². The fraction of sp³-hybridized carbons (Fsp3) is 0.562. The average Bonchev–Trinajstić information content (AvgIpc) is 2.48. The van der Waals surface area contributed by atoms with Crippen molar-refractivity contribution >= 4 is 11.7 Å². The number of likely N-dealkylation sites (N-methyl/N-ethyl adjacent to an activating group) is 1. The van der Waals surface area contributed by atoms with E-state index < -0.39 is 5.97 Å². The van der Waals surface area contributed by atoms with E-state index in [9.17, 15) is 4.79 Å². The zero-order valence-electron chi connectivity index (χ0n) is 12.6. The van der Waals surface area contributed by atoms with Crippen LogP contribution in [0.2, 0.25) is 0 Å². The van der Waals surface area contributed by atoms with Crippen molar-refractivity contribution in [3.63, 3.8) is 0 Å². The summed E-state index contributed by atoms with van der Waals surface area (Å²) in [5.74, 6) is 0.158. The molecule has 5 nitrogen and oxygen atoms in total. The predicted molar refractivity (Wildman–Crippen MR) is 83.1 cm³/mol. The Kier molecular flexibility index (Phi) is 5.87. The number of anilines is 1. The van der Waals surface area contributed by atoms with Crippen LogP contribution in [0.3, 0.4) is 0 Å². The van der Waals surface area contributed by atoms with Crippen molar-refractivity contribution in [2.75, 3.05) is 44.7 Å². The van der Waals surface area contributed by atoms with Crippen molar-refractivity contribution in [1.29, 1.82) is 0 Å². The largest absolute Gasteiger partial charge is 0.491 e. The van der Waals surface area contributed by atoms with Gasteiger partial charge < -0.3 is 19.6 Å². The summed E-state index contributed by atoms with van der Waals surface area (Å²) in [5, 5.41) is 8.61. The number of carbonyl (C=O) groups is 1. The second-order valence-corrected chi connectivity index (χ2v) is 5.46. The number of nitrogens with zero attached hydrogens (tertiary/aromatic N) is 2. The summed E-state index contributed by atoms with van der Waals surface area (Å²) in [4.78, 5) is 15.1. The number of carboxylic acids is 1. The molecule has 0 spiro atoms. The van der Waals surface area contributed by atoms with E-state index in [4.69, 9.17) is 9.84 Å². The Bertz CT molecular complexity index is 457. The van der Waals surface area contributed by atoms with Crippen LogP contribution in [0.1, 0.15) is 19.3 Å². The molecule has 1 aliphatic rings. The zero-order valence-corrected chi connectivity index (χ0v) is 12.6. The zero-order chi connectivity index (χ0) is 15.1. The van der Waals surface area contributed by atoms with Crippen molar-refractivity contribution in [2.24, 2.45) is 0 Å². The summed E-state index contributed by atoms with van der Waals surface area (Å²) < 4.78 is 5.85. The first-order chi connectivity index (χ1) is 10.2. The predicted octanol–water partition coefficient (Wildman–Crippen LogP) is 2.07. The minimum absolute atomic E-state index is 0.212. The Labute approximate surface area is 126 Å². The minimum atomic E-state index is -0.743. The van der Waals surface area contributed by atoms with Gasteiger partial charge in [-0.25, -0.2) is 0 Å². The van der Waals surface area contributed by atoms with Gasteiger partial charge in [-0.15, -0.1) is 0 Å². The first kappa shape index (κ1) is 15.6. The van der Waals surface area contributed by atoms with Crippen LogP contribution in [0, 0.1) is 0 Å². The third kappa shape index (κ3) is 4.93. The number of rotatable bonds is 7. The highest BCUT2D eigenvalue weighted by Gasteiger charge is 2.17. The van der Waals surface area contributed by atoms with E-state index in [1.54, 1.807) is 0 Å². The summed E-state index contributed by atoms with van der Waals surface area (Å²) in [6, 6.07) is 8.10. The maximum absolute atomic E-state index is 10.5. The summed E-state index contributed by atoms with van der Waals surface area (Å²) in [7, 11) is 2.14. The summed E-state index contributed by atoms with van der Waals surface area (Å²) in [6.45, 7) is 4.71. The average molecular weight is 292 g/mol. The van der Waals surface area contributed by atoms with E-state index in [2.05, 4.69) is 22.9 Å². The number of unbranched alkanes of at least 4 members (excludes halogenated alkanes) is 1. The molecule has 21 heavy (non-hydrogen) atoms. The van der Waals surface area contributed by atoms with Gasteiger partial charge in [0.15, 0.2) is 0 Å². The Morgan fingerprint density at radius 2 is 1.90 bits per heavy atom. The monoisotopic (exact) mass is 292 g/mol. The molecule has 0 aliphatic carbocycles. The molecule has 0 saturated carbocycles. The van der Waals surface area contributed by atoms with Crippen LogP contribution >= 0.6 is 0 Å². The molecule has 1 heterocycles. The molecular formula is C16H24N2O3. The fourth-order valence-electron chi connectivity index (χ4n) is 2.45. The van der Waals surface area contributed by atoms with Crippen molar-refractivity contribution in [2.45, 2.75) is 19.3 Å². The lowest BCUT2D eigenvalue weighted by atomic mass is 10.2. The molecule has 1 N–H and O–H groups in total. The van der Waals surface area contributed by atoms with E-state index in [1.165, 1.54) is 0 Å². The lowest BCUT2D eigenvalue weighted by molar-refractivity contribution is -0.137. The Morgan fingerprint density at radius 1 is 1.19 bits per heavy atom. The van der Waals surface area contributed by atoms with Crippen molar-refractivity contribution in [3.8, 4) is 5.75 Å². The van der Waals surface area contributed by atoms with Gasteiger partial charge in [-0.1, -0.05) is 12.1 Å². The van der Waals surface area contributed by atoms with Crippen LogP contribution in [0.15, 0.2) is 24.3 Å². The van der Waals surface area contributed by atoms with Gasteiger partial charge in [0.05, 0.1) is 12.3 Å². The second-order valence-electron chi connectivity index (χ2n) is 5.46. The smallest absolute Gasteiger partial charge is 0.303 e. The molecule has 1 aromatic rings. The molecule has 1 aromatic carbocycles. The number of para-hydroxylation sites is 2. The van der Waals surface area contributed by atoms with E-state index in [1.807, 2.05) is 18.2 Å². The highest BCUT2D eigenvalue weighted by Crippen LogP contribution is 2.28. The van der Waals surface area contributed by atoms with Crippen LogP contribution < -0.4 is 9.64 Å². The van der Waals surface area contributed by atoms with Gasteiger partial charge in [-0.3, -0.25) is 4.79 Å². The quantitative estimate of drug-likeness (QED) is 0.780. The van der Waals surface area contributed by atoms with Gasteiger partial charge in [0, 0.05) is 32.6 Å². The van der Waals surface area contributed by atoms with Gasteiger partial charge in [-0.05, 0) is 32.0 Å². The topological polar surface area (TPSA) is 53.0 Å². The fourth-order valence-corrected chi connectivity index (χ4v) is 2.45. The molecule has 1 aliphatic heterocycles. The van der Waals surface area contributed by atoms with E-state index in [0.29, 0.717) is 13.0 Å². The van der Waals surface area contributed by atoms with E-state index in [0.717, 1.165) is 44.0 Å². The highest BCUT2D eigenvalue weighted by molar-refractivity contribution is 5.66. The highest BCUT2D eigenvalue weighted by atomic mass is 16.5. The van der Waals surface area contributed by atoms with Crippen molar-refractivity contribution in [1.82, 2.24) is 4.90 Å². The summed E-state index contributed by atoms with van der Waals surface area (Å²) >= 11 is 0. The third-order valence-electron chi connectivity index (χ3n) is 3.75. The van der Waals surface area contributed by atoms with Crippen LogP contribution in [0.4, 0.5) is 5.69 Å². The number of benzene rings is 1. The Hall–Kier alpha value is -1.75. The Morgan fingerprint density at radius 3 is 2.62 bits per heavy atom. The number of carboxylic acid groups (broad SMARTS) is 1. The SMILES string of the molecule is CN1CCN(c2ccccc2OCCCCC(=O)O)CC1. The van der Waals surface area contributed by atoms with Gasteiger partial charge in [-0.2, -0.15) is 0 Å². The molecule has 2 rings (SSSR count). The number of hydrogen-bond donors (Lipinski definition) is 1. The lowest BCUT2D eigenvalue weighted by Crippen LogP contribution is -2.44. The lowest BCUT2D eigenvalue weighted by Gasteiger charge is -2.34. The second kappa shape index (κ2) is 7.88. The molecule has 0 aromatic heterocycles. The van der Waals surface area contributed by atoms with E-state index in [-0.39, 0.29) is 6.42 Å². The van der Waals surface area contributed by atoms with Crippen LogP contribution in [-0.4, -0.2) is 55.8 Å². The van der Waals surface area contributed by atoms with Crippen LogP contribution in [0.25, 0.3) is 0 Å². The summed E-state index contributed by atoms with van der Waals surface area (Å²) in [5.41, 5.74) is 1.14. The minimum Gasteiger partial charge on any atom is -0.491 e. The first-order valence-electron chi connectivity index (χ1n) is 7.54. The number of hydrogen-bond acceptors (Lipinski definition) is 4. The molecule has 0 unspecified atom stereocenters. The molecule has 0 amide bonds. The molecular weight excluding hydrogens is 268 g/mol. The molecule has 116 valence electrons. The number of ether oxygens (including phenoxy) is 1. The summed E-state index contributed by atoms with van der Waals surface area (Å²) in [6.07, 6.45) is 1.64. The molecule has 1 fully saturated rings. The van der Waals surface area contributed by atoms with Crippen LogP contribution in [-0.2, 0) is 4.79 Å². The molecule has 1 saturated heterocycles. The van der Waals surface area contributed by atoms with Gasteiger partial charge in [0.25, 0.3) is 0 Å².